The summed E-state index contributed by atoms with van der Waals surface area (Å²) in [7, 11) is 0. The fourth-order valence-electron chi connectivity index (χ4n) is 2.28. The summed E-state index contributed by atoms with van der Waals surface area (Å²) in [6.07, 6.45) is 4.67. The lowest BCUT2D eigenvalue weighted by Gasteiger charge is -2.15. The fraction of sp³-hybridized carbons (Fsp3) is 0.300. The van der Waals surface area contributed by atoms with Crippen molar-refractivity contribution >= 4 is 23.9 Å². The molecule has 0 spiro atoms. The zero-order valence-electron chi connectivity index (χ0n) is 14.9. The summed E-state index contributed by atoms with van der Waals surface area (Å²) in [5.41, 5.74) is 4.55. The summed E-state index contributed by atoms with van der Waals surface area (Å²) >= 11 is 1.68. The zero-order chi connectivity index (χ0) is 18.1. The summed E-state index contributed by atoms with van der Waals surface area (Å²) in [6.45, 7) is 4.22. The molecule has 1 amide bonds. The standard InChI is InChI=1S/C20H24N2O2S/c1-4-15(2)18-7-5-6-8-19(18)24-14-20(23)22-21-13-16-9-11-17(25-3)12-10-16/h5-13,15H,4,14H2,1-3H3,(H,22,23)/b21-13+. The fourth-order valence-corrected chi connectivity index (χ4v) is 2.69. The van der Waals surface area contributed by atoms with Crippen molar-refractivity contribution in [3.05, 3.63) is 59.7 Å². The maximum absolute atomic E-state index is 11.9. The van der Waals surface area contributed by atoms with E-state index in [9.17, 15) is 4.79 Å². The Labute approximate surface area is 153 Å². The van der Waals surface area contributed by atoms with Crippen LogP contribution >= 0.6 is 11.8 Å². The molecule has 25 heavy (non-hydrogen) atoms. The lowest BCUT2D eigenvalue weighted by atomic mass is 9.98. The van der Waals surface area contributed by atoms with Crippen LogP contribution in [0.1, 0.15) is 37.3 Å². The number of nitrogens with zero attached hydrogens (tertiary/aromatic N) is 1. The van der Waals surface area contributed by atoms with Crippen LogP contribution in [0.4, 0.5) is 0 Å². The average Bonchev–Trinajstić information content (AvgIpc) is 2.66. The van der Waals surface area contributed by atoms with Crippen LogP contribution < -0.4 is 10.2 Å². The van der Waals surface area contributed by atoms with E-state index in [1.165, 1.54) is 4.90 Å². The molecule has 0 radical (unpaired) electrons. The Bertz CT molecular complexity index is 714. The monoisotopic (exact) mass is 356 g/mol. The second kappa shape index (κ2) is 9.89. The topological polar surface area (TPSA) is 50.7 Å². The molecule has 132 valence electrons. The van der Waals surface area contributed by atoms with E-state index in [-0.39, 0.29) is 12.5 Å². The van der Waals surface area contributed by atoms with E-state index < -0.39 is 0 Å². The van der Waals surface area contributed by atoms with Crippen LogP contribution in [0.15, 0.2) is 58.5 Å². The molecule has 2 aromatic carbocycles. The van der Waals surface area contributed by atoms with Crippen molar-refractivity contribution in [3.8, 4) is 5.75 Å². The highest BCUT2D eigenvalue weighted by Crippen LogP contribution is 2.28. The first kappa shape index (κ1) is 19.1. The summed E-state index contributed by atoms with van der Waals surface area (Å²) in [6, 6.07) is 15.8. The number of benzene rings is 2. The SMILES string of the molecule is CCC(C)c1ccccc1OCC(=O)N/N=C/c1ccc(SC)cc1. The second-order valence-electron chi connectivity index (χ2n) is 5.70. The summed E-state index contributed by atoms with van der Waals surface area (Å²) < 4.78 is 5.67. The molecule has 0 aliphatic carbocycles. The molecule has 4 nitrogen and oxygen atoms in total. The number of para-hydroxylation sites is 1. The number of hydrogen-bond acceptors (Lipinski definition) is 4. The largest absolute Gasteiger partial charge is 0.483 e. The summed E-state index contributed by atoms with van der Waals surface area (Å²) in [5, 5.41) is 3.97. The minimum atomic E-state index is -0.282. The maximum atomic E-state index is 11.9. The third kappa shape index (κ3) is 5.94. The Hall–Kier alpha value is -2.27. The molecule has 2 rings (SSSR count). The normalized spacial score (nSPS) is 12.1. The second-order valence-corrected chi connectivity index (χ2v) is 6.58. The highest BCUT2D eigenvalue weighted by Gasteiger charge is 2.10. The van der Waals surface area contributed by atoms with Gasteiger partial charge in [0.25, 0.3) is 5.91 Å². The molecule has 0 aliphatic heterocycles. The Morgan fingerprint density at radius 1 is 1.24 bits per heavy atom. The Morgan fingerprint density at radius 2 is 1.96 bits per heavy atom. The first-order valence-corrected chi connectivity index (χ1v) is 9.54. The molecule has 0 heterocycles. The van der Waals surface area contributed by atoms with Gasteiger partial charge in [0.15, 0.2) is 6.61 Å². The molecule has 1 N–H and O–H groups in total. The smallest absolute Gasteiger partial charge is 0.277 e. The third-order valence-electron chi connectivity index (χ3n) is 3.94. The van der Waals surface area contributed by atoms with Crippen molar-refractivity contribution in [2.75, 3.05) is 12.9 Å². The van der Waals surface area contributed by atoms with Gasteiger partial charge < -0.3 is 4.74 Å². The van der Waals surface area contributed by atoms with Crippen LogP contribution in [-0.4, -0.2) is 25.0 Å². The molecule has 5 heteroatoms. The van der Waals surface area contributed by atoms with Gasteiger partial charge in [-0.2, -0.15) is 5.10 Å². The van der Waals surface area contributed by atoms with Gasteiger partial charge in [0.2, 0.25) is 0 Å². The van der Waals surface area contributed by atoms with Crippen molar-refractivity contribution in [2.45, 2.75) is 31.1 Å². The van der Waals surface area contributed by atoms with Crippen molar-refractivity contribution in [3.63, 3.8) is 0 Å². The number of hydrazone groups is 1. The zero-order valence-corrected chi connectivity index (χ0v) is 15.7. The number of thioether (sulfide) groups is 1. The van der Waals surface area contributed by atoms with Gasteiger partial charge in [-0.15, -0.1) is 11.8 Å². The van der Waals surface area contributed by atoms with Crippen molar-refractivity contribution < 1.29 is 9.53 Å². The van der Waals surface area contributed by atoms with E-state index in [1.807, 2.05) is 54.8 Å². The Morgan fingerprint density at radius 3 is 2.64 bits per heavy atom. The number of carbonyl (C=O) groups excluding carboxylic acids is 1. The minimum absolute atomic E-state index is 0.0593. The quantitative estimate of drug-likeness (QED) is 0.432. The highest BCUT2D eigenvalue weighted by atomic mass is 32.2. The van der Waals surface area contributed by atoms with Crippen LogP contribution in [-0.2, 0) is 4.79 Å². The van der Waals surface area contributed by atoms with Crippen LogP contribution in [0.5, 0.6) is 5.75 Å². The van der Waals surface area contributed by atoms with Gasteiger partial charge in [-0.1, -0.05) is 44.2 Å². The van der Waals surface area contributed by atoms with Crippen molar-refractivity contribution in [1.29, 1.82) is 0 Å². The minimum Gasteiger partial charge on any atom is -0.483 e. The highest BCUT2D eigenvalue weighted by molar-refractivity contribution is 7.98. The van der Waals surface area contributed by atoms with Crippen LogP contribution in [0.2, 0.25) is 0 Å². The predicted octanol–water partition coefficient (Wildman–Crippen LogP) is 4.45. The van der Waals surface area contributed by atoms with Crippen LogP contribution in [0, 0.1) is 0 Å². The molecule has 1 atom stereocenters. The lowest BCUT2D eigenvalue weighted by Crippen LogP contribution is -2.24. The number of hydrogen-bond donors (Lipinski definition) is 1. The van der Waals surface area contributed by atoms with Gasteiger partial charge in [0, 0.05) is 4.90 Å². The number of nitrogens with one attached hydrogen (secondary N) is 1. The first-order valence-electron chi connectivity index (χ1n) is 8.31. The van der Waals surface area contributed by atoms with Crippen LogP contribution in [0.3, 0.4) is 0 Å². The van der Waals surface area contributed by atoms with Gasteiger partial charge in [-0.25, -0.2) is 5.43 Å². The number of ether oxygens (including phenoxy) is 1. The molecule has 0 aromatic heterocycles. The third-order valence-corrected chi connectivity index (χ3v) is 4.68. The van der Waals surface area contributed by atoms with Gasteiger partial charge in [0.1, 0.15) is 5.75 Å². The number of rotatable bonds is 8. The van der Waals surface area contributed by atoms with E-state index in [0.29, 0.717) is 5.92 Å². The average molecular weight is 356 g/mol. The molecule has 0 saturated heterocycles. The molecule has 0 fully saturated rings. The molecular formula is C20H24N2O2S. The Kier molecular flexibility index (Phi) is 7.54. The van der Waals surface area contributed by atoms with E-state index in [4.69, 9.17) is 4.74 Å². The van der Waals surface area contributed by atoms with E-state index in [0.717, 1.165) is 23.3 Å². The van der Waals surface area contributed by atoms with Gasteiger partial charge in [-0.05, 0) is 47.9 Å². The molecule has 0 saturated carbocycles. The summed E-state index contributed by atoms with van der Waals surface area (Å²) in [5.74, 6) is 0.862. The molecule has 2 aromatic rings. The summed E-state index contributed by atoms with van der Waals surface area (Å²) in [4.78, 5) is 13.1. The molecule has 0 aliphatic rings. The van der Waals surface area contributed by atoms with E-state index in [2.05, 4.69) is 24.4 Å². The van der Waals surface area contributed by atoms with E-state index in [1.54, 1.807) is 18.0 Å². The molecule has 0 bridgehead atoms. The van der Waals surface area contributed by atoms with Gasteiger partial charge in [0.05, 0.1) is 6.21 Å². The first-order chi connectivity index (χ1) is 12.1. The number of carbonyl (C=O) groups is 1. The predicted molar refractivity (Wildman–Crippen MR) is 105 cm³/mol. The molecular weight excluding hydrogens is 332 g/mol. The van der Waals surface area contributed by atoms with E-state index >= 15 is 0 Å². The van der Waals surface area contributed by atoms with Gasteiger partial charge in [-0.3, -0.25) is 4.79 Å². The van der Waals surface area contributed by atoms with Crippen molar-refractivity contribution in [2.24, 2.45) is 5.10 Å². The maximum Gasteiger partial charge on any atom is 0.277 e. The van der Waals surface area contributed by atoms with Crippen LogP contribution in [0.25, 0.3) is 0 Å². The Balaban J connectivity index is 1.85. The molecule has 1 unspecified atom stereocenters. The van der Waals surface area contributed by atoms with Gasteiger partial charge >= 0.3 is 0 Å². The van der Waals surface area contributed by atoms with Crippen molar-refractivity contribution in [1.82, 2.24) is 5.43 Å². The lowest BCUT2D eigenvalue weighted by molar-refractivity contribution is -0.123. The number of amides is 1.